The van der Waals surface area contributed by atoms with Gasteiger partial charge in [-0.25, -0.2) is 4.79 Å². The van der Waals surface area contributed by atoms with E-state index in [2.05, 4.69) is 5.16 Å². The highest BCUT2D eigenvalue weighted by Gasteiger charge is 2.54. The Bertz CT molecular complexity index is 2500. The molecule has 0 spiro atoms. The van der Waals surface area contributed by atoms with Gasteiger partial charge in [-0.15, -0.1) is 0 Å². The van der Waals surface area contributed by atoms with E-state index >= 15 is 0 Å². The number of oxime groups is 1. The number of rotatable bonds is 20. The number of methoxy groups -OCH3 is 1. The largest absolute Gasteiger partial charge is 0.491 e. The fourth-order valence-electron chi connectivity index (χ4n) is 11.9. The Morgan fingerprint density at radius 2 is 1.55 bits per heavy atom. The summed E-state index contributed by atoms with van der Waals surface area (Å²) in [6.45, 7) is 17.3. The van der Waals surface area contributed by atoms with Crippen molar-refractivity contribution in [1.29, 1.82) is 0 Å². The lowest BCUT2D eigenvalue weighted by molar-refractivity contribution is -0.318. The van der Waals surface area contributed by atoms with Crippen LogP contribution in [-0.4, -0.2) is 202 Å². The minimum atomic E-state index is -2.04. The van der Waals surface area contributed by atoms with Crippen molar-refractivity contribution in [2.75, 3.05) is 54.2 Å². The van der Waals surface area contributed by atoms with Crippen molar-refractivity contribution in [3.05, 3.63) is 40.2 Å². The Balaban J connectivity index is 1.11. The SMILES string of the molecule is CC[C@H]1OC(=O)[C@H](C)[C@@H](OC2C[C@@](C)(OC)[C@@H](OC(=O)CCOCCOCCOc3ccc4c(=O)c(C(=O)O)cn(C5CC5)c4c3)[C@H](C)O2)[C@H](C)[C@@H](OC2O[C@H](C)C[C@H](N(C)C)[C@H]2O)[C@](C)(O)C[C@@H](C)C(=NO)[C@H](C)[C@@H](O)[C@]1(C)O. The van der Waals surface area contributed by atoms with Crippen molar-refractivity contribution < 1.29 is 92.5 Å². The third kappa shape index (κ3) is 15.1. The van der Waals surface area contributed by atoms with E-state index in [4.69, 9.17) is 47.4 Å². The van der Waals surface area contributed by atoms with E-state index in [1.165, 1.54) is 27.2 Å². The number of aliphatic hydroxyl groups is 4. The molecule has 23 nitrogen and oxygen atoms in total. The summed E-state index contributed by atoms with van der Waals surface area (Å²) in [6, 6.07) is 4.68. The van der Waals surface area contributed by atoms with Crippen molar-refractivity contribution in [3.8, 4) is 5.75 Å². The van der Waals surface area contributed by atoms with E-state index in [1.54, 1.807) is 66.7 Å². The van der Waals surface area contributed by atoms with E-state index in [0.29, 0.717) is 23.1 Å². The highest BCUT2D eigenvalue weighted by atomic mass is 16.7. The number of ether oxygens (including phenoxy) is 10. The zero-order valence-corrected chi connectivity index (χ0v) is 48.8. The number of hydrogen-bond donors (Lipinski definition) is 6. The molecule has 0 amide bonds. The summed E-state index contributed by atoms with van der Waals surface area (Å²) in [6.07, 6.45) is -7.42. The molecule has 1 aromatic heterocycles. The van der Waals surface area contributed by atoms with Crippen molar-refractivity contribution in [2.45, 2.75) is 204 Å². The number of fused-ring (bicyclic) bond motifs is 1. The smallest absolute Gasteiger partial charge is 0.341 e. The minimum Gasteiger partial charge on any atom is -0.491 e. The maximum Gasteiger partial charge on any atom is 0.341 e. The maximum absolute atomic E-state index is 14.5. The molecule has 4 aliphatic rings. The number of esters is 2. The molecule has 18 atom stereocenters. The molecule has 1 aromatic carbocycles. The zero-order chi connectivity index (χ0) is 59.2. The molecule has 452 valence electrons. The summed E-state index contributed by atoms with van der Waals surface area (Å²) in [4.78, 5) is 54.3. The lowest BCUT2D eigenvalue weighted by Crippen LogP contribution is -2.61. The molecular formula is C57H89N3O20. The first-order chi connectivity index (χ1) is 37.6. The van der Waals surface area contributed by atoms with E-state index in [-0.39, 0.29) is 88.2 Å². The van der Waals surface area contributed by atoms with Crippen LogP contribution in [-0.2, 0) is 52.2 Å². The van der Waals surface area contributed by atoms with E-state index in [0.717, 1.165) is 12.8 Å². The Morgan fingerprint density at radius 1 is 0.887 bits per heavy atom. The van der Waals surface area contributed by atoms with Gasteiger partial charge in [0, 0.05) is 61.0 Å². The van der Waals surface area contributed by atoms with Crippen LogP contribution in [0.25, 0.3) is 10.9 Å². The van der Waals surface area contributed by atoms with E-state index in [9.17, 15) is 49.9 Å². The molecule has 80 heavy (non-hydrogen) atoms. The van der Waals surface area contributed by atoms with Crippen LogP contribution < -0.4 is 10.2 Å². The Kier molecular flexibility index (Phi) is 22.2. The molecule has 1 aliphatic carbocycles. The summed E-state index contributed by atoms with van der Waals surface area (Å²) in [7, 11) is 5.14. The van der Waals surface area contributed by atoms with Gasteiger partial charge in [0.1, 0.15) is 41.3 Å². The Hall–Kier alpha value is -4.37. The van der Waals surface area contributed by atoms with Gasteiger partial charge in [0.15, 0.2) is 18.7 Å². The number of likely N-dealkylation sites (N-methyl/N-ethyl adjacent to an activating group) is 1. The van der Waals surface area contributed by atoms with E-state index in [1.807, 2.05) is 30.5 Å². The van der Waals surface area contributed by atoms with Crippen LogP contribution in [0.3, 0.4) is 0 Å². The fraction of sp³-hybridized carbons (Fsp3) is 0.772. The van der Waals surface area contributed by atoms with Crippen molar-refractivity contribution in [3.63, 3.8) is 0 Å². The number of carboxylic acids is 1. The Labute approximate surface area is 468 Å². The second-order valence-corrected chi connectivity index (χ2v) is 23.4. The summed E-state index contributed by atoms with van der Waals surface area (Å²) >= 11 is 0. The number of carbonyl (C=O) groups excluding carboxylic acids is 2. The first kappa shape index (κ1) is 64.8. The van der Waals surface area contributed by atoms with Gasteiger partial charge in [0.25, 0.3) is 0 Å². The quantitative estimate of drug-likeness (QED) is 0.0462. The normalized spacial score (nSPS) is 37.3. The van der Waals surface area contributed by atoms with E-state index < -0.39 is 119 Å². The number of aromatic carboxylic acids is 1. The van der Waals surface area contributed by atoms with Crippen LogP contribution >= 0.6 is 0 Å². The number of aliphatic hydroxyl groups excluding tert-OH is 2. The number of nitrogens with zero attached hydrogens (tertiary/aromatic N) is 3. The molecule has 3 saturated heterocycles. The van der Waals surface area contributed by atoms with Crippen LogP contribution in [0.15, 0.2) is 34.3 Å². The van der Waals surface area contributed by atoms with Crippen LogP contribution in [0.1, 0.15) is 131 Å². The second-order valence-electron chi connectivity index (χ2n) is 23.4. The summed E-state index contributed by atoms with van der Waals surface area (Å²) in [5.41, 5.74) is -5.22. The standard InChI is InChI=1S/C57H89N3O20/c1-14-42-57(10,69)49(64)32(4)45(58-70)30(2)27-55(8,68)50(80-54-47(63)41(59(11)12)25-31(3)75-54)33(5)48(34(6)53(67)77-42)79-44-28-56(9,71-13)51(35(7)76-44)78-43(61)19-20-72-21-22-73-23-24-74-37-17-18-38-40(26-37)60(36-15-16-36)29-39(46(38)62)52(65)66/h17-18,26,29-36,41-42,44,47-51,54,63-64,68-70H,14-16,19-25,27-28H2,1-13H3,(H,65,66)/t30-,31-,32+,33+,34-,35+,41+,42-,44?,47-,48+,49-,50-,51+,54?,55-,56-,57-/m1/s1. The molecule has 2 aromatic rings. The van der Waals surface area contributed by atoms with Gasteiger partial charge in [-0.1, -0.05) is 32.9 Å². The molecule has 4 heterocycles. The van der Waals surface area contributed by atoms with Gasteiger partial charge in [0.05, 0.1) is 86.1 Å². The maximum atomic E-state index is 14.5. The average Bonchev–Trinajstić information content (AvgIpc) is 4.25. The number of carboxylic acid groups (broad SMARTS) is 1. The average molecular weight is 1140 g/mol. The third-order valence-corrected chi connectivity index (χ3v) is 16.7. The van der Waals surface area contributed by atoms with Gasteiger partial charge in [0.2, 0.25) is 5.43 Å². The molecule has 0 bridgehead atoms. The van der Waals surface area contributed by atoms with Gasteiger partial charge in [-0.2, -0.15) is 0 Å². The summed E-state index contributed by atoms with van der Waals surface area (Å²) in [5.74, 6) is -5.94. The summed E-state index contributed by atoms with van der Waals surface area (Å²) < 4.78 is 63.4. The first-order valence-corrected chi connectivity index (χ1v) is 28.1. The van der Waals surface area contributed by atoms with Crippen LogP contribution in [0, 0.1) is 23.7 Å². The molecule has 3 aliphatic heterocycles. The van der Waals surface area contributed by atoms with Gasteiger partial charge >= 0.3 is 17.9 Å². The zero-order valence-electron chi connectivity index (χ0n) is 48.8. The van der Waals surface area contributed by atoms with Crippen molar-refractivity contribution in [1.82, 2.24) is 9.47 Å². The molecular weight excluding hydrogens is 1050 g/mol. The third-order valence-electron chi connectivity index (χ3n) is 16.7. The number of cyclic esters (lactones) is 1. The molecule has 1 saturated carbocycles. The van der Waals surface area contributed by atoms with Gasteiger partial charge in [-0.3, -0.25) is 14.4 Å². The molecule has 2 unspecified atom stereocenters. The number of carbonyl (C=O) groups is 3. The number of benzene rings is 1. The van der Waals surface area contributed by atoms with Gasteiger partial charge in [-0.05, 0) is 99.9 Å². The summed E-state index contributed by atoms with van der Waals surface area (Å²) in [5, 5.41) is 71.9. The van der Waals surface area contributed by atoms with Crippen LogP contribution in [0.2, 0.25) is 0 Å². The minimum absolute atomic E-state index is 0.0114. The molecule has 0 radical (unpaired) electrons. The highest BCUT2D eigenvalue weighted by Crippen LogP contribution is 2.42. The number of pyridine rings is 1. The fourth-order valence-corrected chi connectivity index (χ4v) is 11.9. The lowest BCUT2D eigenvalue weighted by atomic mass is 9.73. The molecule has 6 N–H and O–H groups in total. The Morgan fingerprint density at radius 3 is 2.16 bits per heavy atom. The molecule has 23 heteroatoms. The lowest BCUT2D eigenvalue weighted by Gasteiger charge is -2.49. The van der Waals surface area contributed by atoms with Crippen molar-refractivity contribution >= 4 is 34.5 Å². The van der Waals surface area contributed by atoms with Gasteiger partial charge < -0.3 is 87.6 Å². The predicted molar refractivity (Wildman–Crippen MR) is 290 cm³/mol. The highest BCUT2D eigenvalue weighted by molar-refractivity contribution is 5.93. The number of hydrogen-bond acceptors (Lipinski definition) is 21. The molecule has 4 fully saturated rings. The monoisotopic (exact) mass is 1140 g/mol. The number of aromatic nitrogens is 1. The first-order valence-electron chi connectivity index (χ1n) is 28.1. The van der Waals surface area contributed by atoms with Crippen molar-refractivity contribution in [2.24, 2.45) is 28.8 Å². The topological polar surface area (TPSA) is 302 Å². The second kappa shape index (κ2) is 27.3. The van der Waals surface area contributed by atoms with Crippen LogP contribution in [0.4, 0.5) is 0 Å². The predicted octanol–water partition coefficient (Wildman–Crippen LogP) is 4.45. The van der Waals surface area contributed by atoms with Crippen LogP contribution in [0.5, 0.6) is 5.75 Å². The molecule has 6 rings (SSSR count).